The number of anilines is 1. The minimum absolute atomic E-state index is 0.405. The van der Waals surface area contributed by atoms with E-state index in [0.717, 1.165) is 11.4 Å². The molecular formula is C10H14ClNO2. The van der Waals surface area contributed by atoms with Crippen molar-refractivity contribution in [3.8, 4) is 5.75 Å². The van der Waals surface area contributed by atoms with Crippen LogP contribution >= 0.6 is 11.6 Å². The number of aliphatic hydroxyl groups excluding tert-OH is 1. The van der Waals surface area contributed by atoms with Crippen LogP contribution in [0.4, 0.5) is 5.69 Å². The van der Waals surface area contributed by atoms with Gasteiger partial charge in [0.1, 0.15) is 5.75 Å². The number of hydrogen-bond donors (Lipinski definition) is 2. The standard InChI is InChI=1S/C10H14ClNO2/c1-7(13)6-12-10-5-8(14-2)3-4-9(10)11/h3-5,7,12-13H,6H2,1-2H3/t7-/m1/s1. The van der Waals surface area contributed by atoms with E-state index < -0.39 is 6.10 Å². The van der Waals surface area contributed by atoms with Crippen LogP contribution in [-0.4, -0.2) is 24.9 Å². The molecule has 0 unspecified atom stereocenters. The second-order valence-corrected chi connectivity index (χ2v) is 3.48. The molecule has 0 radical (unpaired) electrons. The van der Waals surface area contributed by atoms with Gasteiger partial charge < -0.3 is 15.2 Å². The van der Waals surface area contributed by atoms with Gasteiger partial charge in [-0.3, -0.25) is 0 Å². The van der Waals surface area contributed by atoms with Gasteiger partial charge in [-0.05, 0) is 19.1 Å². The van der Waals surface area contributed by atoms with Crippen LogP contribution in [-0.2, 0) is 0 Å². The summed E-state index contributed by atoms with van der Waals surface area (Å²) in [6.07, 6.45) is -0.405. The van der Waals surface area contributed by atoms with Crippen LogP contribution in [0.1, 0.15) is 6.92 Å². The molecule has 0 aromatic heterocycles. The van der Waals surface area contributed by atoms with E-state index in [1.54, 1.807) is 32.2 Å². The van der Waals surface area contributed by atoms with Crippen LogP contribution in [0.3, 0.4) is 0 Å². The van der Waals surface area contributed by atoms with Crippen molar-refractivity contribution < 1.29 is 9.84 Å². The Kier molecular flexibility index (Phi) is 4.04. The molecule has 14 heavy (non-hydrogen) atoms. The first kappa shape index (κ1) is 11.1. The van der Waals surface area contributed by atoms with Crippen molar-refractivity contribution in [2.75, 3.05) is 19.0 Å². The number of benzene rings is 1. The van der Waals surface area contributed by atoms with Crippen molar-refractivity contribution >= 4 is 17.3 Å². The van der Waals surface area contributed by atoms with Crippen molar-refractivity contribution in [3.05, 3.63) is 23.2 Å². The molecule has 1 atom stereocenters. The van der Waals surface area contributed by atoms with Gasteiger partial charge in [0, 0.05) is 12.6 Å². The molecular weight excluding hydrogens is 202 g/mol. The fourth-order valence-corrected chi connectivity index (χ4v) is 1.21. The second-order valence-electron chi connectivity index (χ2n) is 3.08. The lowest BCUT2D eigenvalue weighted by Gasteiger charge is -2.11. The first-order chi connectivity index (χ1) is 6.63. The number of hydrogen-bond acceptors (Lipinski definition) is 3. The Labute approximate surface area is 88.7 Å². The van der Waals surface area contributed by atoms with Gasteiger partial charge in [-0.25, -0.2) is 0 Å². The molecule has 0 spiro atoms. The van der Waals surface area contributed by atoms with Crippen LogP contribution in [0.25, 0.3) is 0 Å². The Morgan fingerprint density at radius 1 is 1.57 bits per heavy atom. The van der Waals surface area contributed by atoms with E-state index in [2.05, 4.69) is 5.32 Å². The zero-order chi connectivity index (χ0) is 10.6. The van der Waals surface area contributed by atoms with E-state index in [1.165, 1.54) is 0 Å². The SMILES string of the molecule is COc1ccc(Cl)c(NC[C@@H](C)O)c1. The largest absolute Gasteiger partial charge is 0.497 e. The lowest BCUT2D eigenvalue weighted by Crippen LogP contribution is -2.15. The molecule has 1 rings (SSSR count). The normalized spacial score (nSPS) is 12.3. The predicted molar refractivity (Wildman–Crippen MR) is 58.2 cm³/mol. The maximum Gasteiger partial charge on any atom is 0.121 e. The number of aliphatic hydroxyl groups is 1. The zero-order valence-electron chi connectivity index (χ0n) is 8.25. The third kappa shape index (κ3) is 3.09. The molecule has 0 amide bonds. The smallest absolute Gasteiger partial charge is 0.121 e. The maximum atomic E-state index is 9.09. The first-order valence-corrected chi connectivity index (χ1v) is 4.76. The third-order valence-corrected chi connectivity index (χ3v) is 2.09. The van der Waals surface area contributed by atoms with E-state index in [9.17, 15) is 0 Å². The average molecular weight is 216 g/mol. The lowest BCUT2D eigenvalue weighted by molar-refractivity contribution is 0.208. The Morgan fingerprint density at radius 3 is 2.86 bits per heavy atom. The highest BCUT2D eigenvalue weighted by Gasteiger charge is 2.02. The third-order valence-electron chi connectivity index (χ3n) is 1.76. The number of halogens is 1. The van der Waals surface area contributed by atoms with E-state index >= 15 is 0 Å². The predicted octanol–water partition coefficient (Wildman–Crippen LogP) is 2.14. The topological polar surface area (TPSA) is 41.5 Å². The Balaban J connectivity index is 2.73. The van der Waals surface area contributed by atoms with Crippen molar-refractivity contribution in [1.82, 2.24) is 0 Å². The van der Waals surface area contributed by atoms with E-state index in [1.807, 2.05) is 0 Å². The van der Waals surface area contributed by atoms with Crippen LogP contribution in [0.2, 0.25) is 5.02 Å². The van der Waals surface area contributed by atoms with Crippen LogP contribution in [0, 0.1) is 0 Å². The summed E-state index contributed by atoms with van der Waals surface area (Å²) in [5, 5.41) is 12.7. The summed E-state index contributed by atoms with van der Waals surface area (Å²) in [6, 6.07) is 5.34. The number of rotatable bonds is 4. The lowest BCUT2D eigenvalue weighted by atomic mass is 10.3. The molecule has 78 valence electrons. The van der Waals surface area contributed by atoms with Crippen molar-refractivity contribution in [2.24, 2.45) is 0 Å². The summed E-state index contributed by atoms with van der Waals surface area (Å²) in [5.41, 5.74) is 0.770. The van der Waals surface area contributed by atoms with Gasteiger partial charge in [0.2, 0.25) is 0 Å². The minimum atomic E-state index is -0.405. The molecule has 0 bridgehead atoms. The molecule has 0 saturated heterocycles. The minimum Gasteiger partial charge on any atom is -0.497 e. The highest BCUT2D eigenvalue weighted by Crippen LogP contribution is 2.26. The maximum absolute atomic E-state index is 9.09. The van der Waals surface area contributed by atoms with Gasteiger partial charge in [0.25, 0.3) is 0 Å². The molecule has 0 aliphatic heterocycles. The van der Waals surface area contributed by atoms with E-state index in [0.29, 0.717) is 11.6 Å². The van der Waals surface area contributed by atoms with E-state index in [4.69, 9.17) is 21.4 Å². The molecule has 1 aromatic carbocycles. The summed E-state index contributed by atoms with van der Waals surface area (Å²) in [7, 11) is 1.60. The monoisotopic (exact) mass is 215 g/mol. The summed E-state index contributed by atoms with van der Waals surface area (Å²) in [5.74, 6) is 0.738. The summed E-state index contributed by atoms with van der Waals surface area (Å²) >= 11 is 5.94. The highest BCUT2D eigenvalue weighted by molar-refractivity contribution is 6.33. The molecule has 0 fully saturated rings. The number of nitrogens with one attached hydrogen (secondary N) is 1. The molecule has 4 heteroatoms. The summed E-state index contributed by atoms with van der Waals surface area (Å²) < 4.78 is 5.06. The van der Waals surface area contributed by atoms with Crippen molar-refractivity contribution in [1.29, 1.82) is 0 Å². The fourth-order valence-electron chi connectivity index (χ4n) is 1.02. The molecule has 0 saturated carbocycles. The Hall–Kier alpha value is -0.930. The van der Waals surface area contributed by atoms with Crippen LogP contribution in [0.15, 0.2) is 18.2 Å². The number of ether oxygens (including phenoxy) is 1. The van der Waals surface area contributed by atoms with Crippen molar-refractivity contribution in [2.45, 2.75) is 13.0 Å². The van der Waals surface area contributed by atoms with Gasteiger partial charge in [-0.15, -0.1) is 0 Å². The van der Waals surface area contributed by atoms with Crippen LogP contribution in [0.5, 0.6) is 5.75 Å². The Morgan fingerprint density at radius 2 is 2.29 bits per heavy atom. The van der Waals surface area contributed by atoms with Gasteiger partial charge >= 0.3 is 0 Å². The summed E-state index contributed by atoms with van der Waals surface area (Å²) in [6.45, 7) is 2.17. The molecule has 2 N–H and O–H groups in total. The van der Waals surface area contributed by atoms with Gasteiger partial charge in [0.15, 0.2) is 0 Å². The van der Waals surface area contributed by atoms with Gasteiger partial charge in [-0.1, -0.05) is 11.6 Å². The number of methoxy groups -OCH3 is 1. The van der Waals surface area contributed by atoms with Gasteiger partial charge in [-0.2, -0.15) is 0 Å². The zero-order valence-corrected chi connectivity index (χ0v) is 9.01. The van der Waals surface area contributed by atoms with Crippen molar-refractivity contribution in [3.63, 3.8) is 0 Å². The molecule has 0 aliphatic carbocycles. The molecule has 3 nitrogen and oxygen atoms in total. The highest BCUT2D eigenvalue weighted by atomic mass is 35.5. The first-order valence-electron chi connectivity index (χ1n) is 4.39. The summed E-state index contributed by atoms with van der Waals surface area (Å²) in [4.78, 5) is 0. The second kappa shape index (κ2) is 5.08. The molecule has 0 aliphatic rings. The average Bonchev–Trinajstić information content (AvgIpc) is 2.16. The van der Waals surface area contributed by atoms with Gasteiger partial charge in [0.05, 0.1) is 23.9 Å². The molecule has 0 heterocycles. The van der Waals surface area contributed by atoms with E-state index in [-0.39, 0.29) is 0 Å². The molecule has 1 aromatic rings. The Bertz CT molecular complexity index is 302. The fraction of sp³-hybridized carbons (Fsp3) is 0.400. The van der Waals surface area contributed by atoms with Crippen LogP contribution < -0.4 is 10.1 Å². The quantitative estimate of drug-likeness (QED) is 0.809.